The van der Waals surface area contributed by atoms with E-state index in [1.54, 1.807) is 6.20 Å². The van der Waals surface area contributed by atoms with Gasteiger partial charge in [-0.3, -0.25) is 0 Å². The SMILES string of the molecule is CCn1c(N)cnc1COc1cccc(Br)c1. The van der Waals surface area contributed by atoms with E-state index in [9.17, 15) is 0 Å². The van der Waals surface area contributed by atoms with Gasteiger partial charge in [0, 0.05) is 11.0 Å². The van der Waals surface area contributed by atoms with Gasteiger partial charge in [-0.25, -0.2) is 4.98 Å². The number of rotatable bonds is 4. The zero-order valence-electron chi connectivity index (χ0n) is 9.56. The number of ether oxygens (including phenoxy) is 1. The van der Waals surface area contributed by atoms with Gasteiger partial charge in [-0.1, -0.05) is 22.0 Å². The van der Waals surface area contributed by atoms with Crippen molar-refractivity contribution in [2.75, 3.05) is 5.73 Å². The van der Waals surface area contributed by atoms with Crippen molar-refractivity contribution in [3.05, 3.63) is 40.8 Å². The standard InChI is InChI=1S/C12H14BrN3O/c1-2-16-11(14)7-15-12(16)8-17-10-5-3-4-9(13)6-10/h3-7H,2,8,14H2,1H3. The van der Waals surface area contributed by atoms with Crippen LogP contribution in [0.3, 0.4) is 0 Å². The third-order valence-corrected chi connectivity index (χ3v) is 2.94. The third-order valence-electron chi connectivity index (χ3n) is 2.45. The largest absolute Gasteiger partial charge is 0.486 e. The number of nitrogens with zero attached hydrogens (tertiary/aromatic N) is 2. The van der Waals surface area contributed by atoms with E-state index in [2.05, 4.69) is 20.9 Å². The minimum Gasteiger partial charge on any atom is -0.486 e. The Labute approximate surface area is 109 Å². The van der Waals surface area contributed by atoms with Crippen molar-refractivity contribution in [1.29, 1.82) is 0 Å². The molecular weight excluding hydrogens is 282 g/mol. The van der Waals surface area contributed by atoms with Crippen LogP contribution in [-0.4, -0.2) is 9.55 Å². The van der Waals surface area contributed by atoms with Crippen molar-refractivity contribution in [1.82, 2.24) is 9.55 Å². The second-order valence-corrected chi connectivity index (χ2v) is 4.51. The molecule has 1 aromatic carbocycles. The summed E-state index contributed by atoms with van der Waals surface area (Å²) in [6.07, 6.45) is 1.66. The molecule has 0 aliphatic carbocycles. The maximum absolute atomic E-state index is 5.78. The Morgan fingerprint density at radius 2 is 2.29 bits per heavy atom. The number of hydrogen-bond acceptors (Lipinski definition) is 3. The Hall–Kier alpha value is -1.49. The van der Waals surface area contributed by atoms with Gasteiger partial charge in [0.15, 0.2) is 0 Å². The Morgan fingerprint density at radius 3 is 3.00 bits per heavy atom. The lowest BCUT2D eigenvalue weighted by atomic mass is 10.3. The smallest absolute Gasteiger partial charge is 0.148 e. The van der Waals surface area contributed by atoms with E-state index in [0.29, 0.717) is 12.4 Å². The molecule has 2 aromatic rings. The molecule has 0 unspecified atom stereocenters. The summed E-state index contributed by atoms with van der Waals surface area (Å²) in [5.74, 6) is 2.31. The number of benzene rings is 1. The zero-order chi connectivity index (χ0) is 12.3. The van der Waals surface area contributed by atoms with E-state index < -0.39 is 0 Å². The maximum atomic E-state index is 5.78. The number of nitrogens with two attached hydrogens (primary N) is 1. The topological polar surface area (TPSA) is 53.1 Å². The average Bonchev–Trinajstić information content (AvgIpc) is 2.67. The molecule has 0 radical (unpaired) electrons. The highest BCUT2D eigenvalue weighted by atomic mass is 79.9. The number of imidazole rings is 1. The van der Waals surface area contributed by atoms with Gasteiger partial charge in [0.2, 0.25) is 0 Å². The summed E-state index contributed by atoms with van der Waals surface area (Å²) in [5.41, 5.74) is 5.78. The molecule has 2 rings (SSSR count). The molecular formula is C12H14BrN3O. The zero-order valence-corrected chi connectivity index (χ0v) is 11.1. The van der Waals surface area contributed by atoms with Crippen LogP contribution in [0.25, 0.3) is 0 Å². The monoisotopic (exact) mass is 295 g/mol. The van der Waals surface area contributed by atoms with Gasteiger partial charge >= 0.3 is 0 Å². The first-order valence-electron chi connectivity index (χ1n) is 5.39. The van der Waals surface area contributed by atoms with Gasteiger partial charge in [0.25, 0.3) is 0 Å². The summed E-state index contributed by atoms with van der Waals surface area (Å²) in [6.45, 7) is 3.24. The third kappa shape index (κ3) is 2.79. The minimum atomic E-state index is 0.418. The van der Waals surface area contributed by atoms with Crippen LogP contribution in [0.15, 0.2) is 34.9 Å². The second kappa shape index (κ2) is 5.23. The Morgan fingerprint density at radius 1 is 1.47 bits per heavy atom. The van der Waals surface area contributed by atoms with E-state index in [4.69, 9.17) is 10.5 Å². The molecule has 0 saturated carbocycles. The lowest BCUT2D eigenvalue weighted by molar-refractivity contribution is 0.290. The van der Waals surface area contributed by atoms with Crippen molar-refractivity contribution in [3.8, 4) is 5.75 Å². The van der Waals surface area contributed by atoms with Gasteiger partial charge in [-0.2, -0.15) is 0 Å². The van der Waals surface area contributed by atoms with Gasteiger partial charge in [0.05, 0.1) is 6.20 Å². The molecule has 90 valence electrons. The number of anilines is 1. The van der Waals surface area contributed by atoms with Gasteiger partial charge in [-0.15, -0.1) is 0 Å². The molecule has 0 saturated heterocycles. The fraction of sp³-hybridized carbons (Fsp3) is 0.250. The Kier molecular flexibility index (Phi) is 3.68. The molecule has 17 heavy (non-hydrogen) atoms. The van der Waals surface area contributed by atoms with Gasteiger partial charge in [-0.05, 0) is 25.1 Å². The first-order valence-corrected chi connectivity index (χ1v) is 6.18. The molecule has 0 spiro atoms. The van der Waals surface area contributed by atoms with Crippen LogP contribution in [0.4, 0.5) is 5.82 Å². The maximum Gasteiger partial charge on any atom is 0.148 e. The number of hydrogen-bond donors (Lipinski definition) is 1. The summed E-state index contributed by atoms with van der Waals surface area (Å²) >= 11 is 3.40. The average molecular weight is 296 g/mol. The quantitative estimate of drug-likeness (QED) is 0.944. The van der Waals surface area contributed by atoms with E-state index in [0.717, 1.165) is 22.6 Å². The number of aromatic nitrogens is 2. The molecule has 0 aliphatic heterocycles. The molecule has 5 heteroatoms. The highest BCUT2D eigenvalue weighted by molar-refractivity contribution is 9.10. The molecule has 4 nitrogen and oxygen atoms in total. The van der Waals surface area contributed by atoms with E-state index in [-0.39, 0.29) is 0 Å². The van der Waals surface area contributed by atoms with Crippen molar-refractivity contribution >= 4 is 21.7 Å². The molecule has 2 N–H and O–H groups in total. The molecule has 0 aliphatic rings. The van der Waals surface area contributed by atoms with E-state index >= 15 is 0 Å². The molecule has 1 aromatic heterocycles. The van der Waals surface area contributed by atoms with Crippen molar-refractivity contribution in [3.63, 3.8) is 0 Å². The first-order chi connectivity index (χ1) is 8.20. The minimum absolute atomic E-state index is 0.418. The number of nitrogen functional groups attached to an aromatic ring is 1. The van der Waals surface area contributed by atoms with Crippen LogP contribution in [-0.2, 0) is 13.2 Å². The fourth-order valence-corrected chi connectivity index (χ4v) is 1.99. The second-order valence-electron chi connectivity index (χ2n) is 3.59. The first kappa shape index (κ1) is 12.0. The summed E-state index contributed by atoms with van der Waals surface area (Å²) in [6, 6.07) is 7.72. The summed E-state index contributed by atoms with van der Waals surface area (Å²) in [7, 11) is 0. The van der Waals surface area contributed by atoms with E-state index in [1.165, 1.54) is 0 Å². The predicted molar refractivity (Wildman–Crippen MR) is 70.8 cm³/mol. The van der Waals surface area contributed by atoms with Gasteiger partial charge < -0.3 is 15.0 Å². The van der Waals surface area contributed by atoms with Crippen LogP contribution in [0, 0.1) is 0 Å². The Balaban J connectivity index is 2.07. The fourth-order valence-electron chi connectivity index (χ4n) is 1.61. The van der Waals surface area contributed by atoms with Crippen LogP contribution in [0.1, 0.15) is 12.7 Å². The van der Waals surface area contributed by atoms with Crippen LogP contribution < -0.4 is 10.5 Å². The van der Waals surface area contributed by atoms with Gasteiger partial charge in [0.1, 0.15) is 24.0 Å². The number of halogens is 1. The predicted octanol–water partition coefficient (Wildman–Crippen LogP) is 2.83. The van der Waals surface area contributed by atoms with Crippen LogP contribution in [0.5, 0.6) is 5.75 Å². The molecule has 0 bridgehead atoms. The van der Waals surface area contributed by atoms with Crippen molar-refractivity contribution in [2.24, 2.45) is 0 Å². The molecule has 1 heterocycles. The lowest BCUT2D eigenvalue weighted by Crippen LogP contribution is -2.08. The highest BCUT2D eigenvalue weighted by Crippen LogP contribution is 2.19. The van der Waals surface area contributed by atoms with Crippen LogP contribution >= 0.6 is 15.9 Å². The molecule has 0 fully saturated rings. The molecule has 0 atom stereocenters. The van der Waals surface area contributed by atoms with E-state index in [1.807, 2.05) is 35.8 Å². The van der Waals surface area contributed by atoms with Crippen LogP contribution in [0.2, 0.25) is 0 Å². The summed E-state index contributed by atoms with van der Waals surface area (Å²) in [4.78, 5) is 4.23. The van der Waals surface area contributed by atoms with Crippen molar-refractivity contribution in [2.45, 2.75) is 20.1 Å². The lowest BCUT2D eigenvalue weighted by Gasteiger charge is -2.08. The highest BCUT2D eigenvalue weighted by Gasteiger charge is 2.06. The van der Waals surface area contributed by atoms with Crippen molar-refractivity contribution < 1.29 is 4.74 Å². The Bertz CT molecular complexity index is 510. The summed E-state index contributed by atoms with van der Waals surface area (Å²) in [5, 5.41) is 0. The molecule has 0 amide bonds. The summed E-state index contributed by atoms with van der Waals surface area (Å²) < 4.78 is 8.58. The normalized spacial score (nSPS) is 10.5.